The maximum atomic E-state index is 12.2. The molecule has 1 amide bonds. The van der Waals surface area contributed by atoms with Crippen molar-refractivity contribution in [2.24, 2.45) is 5.10 Å². The number of hydrazone groups is 1. The van der Waals surface area contributed by atoms with Gasteiger partial charge in [0.25, 0.3) is 5.91 Å². The Morgan fingerprint density at radius 3 is 2.64 bits per heavy atom. The third-order valence-corrected chi connectivity index (χ3v) is 3.78. The van der Waals surface area contributed by atoms with E-state index in [9.17, 15) is 4.79 Å². The average Bonchev–Trinajstić information content (AvgIpc) is 2.66. The lowest BCUT2D eigenvalue weighted by atomic mass is 10.1. The van der Waals surface area contributed by atoms with Crippen LogP contribution in [0.15, 0.2) is 53.6 Å². The monoisotopic (exact) mass is 340 g/mol. The van der Waals surface area contributed by atoms with Crippen molar-refractivity contribution in [3.63, 3.8) is 0 Å². The van der Waals surface area contributed by atoms with Crippen LogP contribution in [0.5, 0.6) is 17.2 Å². The maximum Gasteiger partial charge on any atom is 0.284 e. The lowest BCUT2D eigenvalue weighted by molar-refractivity contribution is -0.130. The number of methoxy groups -OCH3 is 1. The first-order valence-corrected chi connectivity index (χ1v) is 8.00. The predicted octanol–water partition coefficient (Wildman–Crippen LogP) is 2.57. The van der Waals surface area contributed by atoms with E-state index in [1.54, 1.807) is 19.2 Å². The number of ether oxygens (including phenoxy) is 3. The summed E-state index contributed by atoms with van der Waals surface area (Å²) in [4.78, 5) is 12.2. The highest BCUT2D eigenvalue weighted by Gasteiger charge is 2.27. The topological polar surface area (TPSA) is 69.2 Å². The number of hydrogen-bond acceptors (Lipinski definition) is 5. The fourth-order valence-electron chi connectivity index (χ4n) is 2.45. The second kappa shape index (κ2) is 7.70. The molecule has 2 aromatic rings. The van der Waals surface area contributed by atoms with Crippen LogP contribution < -0.4 is 19.6 Å². The molecule has 0 aromatic heterocycles. The minimum absolute atomic E-state index is 0.163. The van der Waals surface area contributed by atoms with Crippen molar-refractivity contribution < 1.29 is 19.0 Å². The van der Waals surface area contributed by atoms with Gasteiger partial charge in [-0.1, -0.05) is 24.3 Å². The van der Waals surface area contributed by atoms with Crippen LogP contribution >= 0.6 is 0 Å². The number of amides is 1. The molecular weight excluding hydrogens is 320 g/mol. The Balaban J connectivity index is 1.55. The van der Waals surface area contributed by atoms with E-state index >= 15 is 0 Å². The smallest absolute Gasteiger partial charge is 0.284 e. The fourth-order valence-corrected chi connectivity index (χ4v) is 2.45. The second-order valence-electron chi connectivity index (χ2n) is 5.71. The molecule has 1 atom stereocenters. The lowest BCUT2D eigenvalue weighted by Crippen LogP contribution is -2.42. The van der Waals surface area contributed by atoms with E-state index in [-0.39, 0.29) is 12.5 Å². The molecule has 1 aliphatic heterocycles. The fraction of sp³-hybridized carbons (Fsp3) is 0.263. The zero-order chi connectivity index (χ0) is 17.6. The molecule has 0 saturated carbocycles. The van der Waals surface area contributed by atoms with Gasteiger partial charge in [0, 0.05) is 12.1 Å². The summed E-state index contributed by atoms with van der Waals surface area (Å²) < 4.78 is 16.3. The summed E-state index contributed by atoms with van der Waals surface area (Å²) in [6.07, 6.45) is -0.0813. The van der Waals surface area contributed by atoms with Crippen molar-refractivity contribution in [2.75, 3.05) is 13.7 Å². The van der Waals surface area contributed by atoms with Gasteiger partial charge in [-0.05, 0) is 36.8 Å². The summed E-state index contributed by atoms with van der Waals surface area (Å²) in [6, 6.07) is 15.0. The second-order valence-corrected chi connectivity index (χ2v) is 5.71. The van der Waals surface area contributed by atoms with Gasteiger partial charge >= 0.3 is 0 Å². The Morgan fingerprint density at radius 1 is 1.20 bits per heavy atom. The predicted molar refractivity (Wildman–Crippen MR) is 94.3 cm³/mol. The summed E-state index contributed by atoms with van der Waals surface area (Å²) in [7, 11) is 1.63. The minimum atomic E-state index is -0.715. The Kier molecular flexibility index (Phi) is 5.18. The zero-order valence-electron chi connectivity index (χ0n) is 14.2. The molecule has 1 aliphatic rings. The summed E-state index contributed by atoms with van der Waals surface area (Å²) in [5.41, 5.74) is 4.42. The third-order valence-electron chi connectivity index (χ3n) is 3.78. The molecule has 0 aliphatic carbocycles. The molecule has 1 heterocycles. The molecule has 0 fully saturated rings. The van der Waals surface area contributed by atoms with Crippen LogP contribution in [0.4, 0.5) is 0 Å². The first-order valence-electron chi connectivity index (χ1n) is 8.00. The number of para-hydroxylation sites is 2. The van der Waals surface area contributed by atoms with Crippen LogP contribution in [-0.2, 0) is 11.2 Å². The lowest BCUT2D eigenvalue weighted by Gasteiger charge is -2.24. The Bertz CT molecular complexity index is 771. The molecule has 0 spiro atoms. The van der Waals surface area contributed by atoms with Crippen molar-refractivity contribution in [3.8, 4) is 17.2 Å². The van der Waals surface area contributed by atoms with Gasteiger partial charge in [-0.25, -0.2) is 5.43 Å². The standard InChI is InChI=1S/C19H20N2O4/c1-13(11-14-7-9-15(23-2)10-8-14)20-21-19(22)18-12-24-16-5-3-4-6-17(16)25-18/h3-10,18H,11-12H2,1-2H3,(H,21,22). The number of carbonyl (C=O) groups is 1. The van der Waals surface area contributed by atoms with E-state index in [1.807, 2.05) is 43.3 Å². The first-order chi connectivity index (χ1) is 12.2. The van der Waals surface area contributed by atoms with E-state index in [4.69, 9.17) is 14.2 Å². The van der Waals surface area contributed by atoms with Crippen molar-refractivity contribution in [1.29, 1.82) is 0 Å². The summed E-state index contributed by atoms with van der Waals surface area (Å²) in [5.74, 6) is 1.68. The number of rotatable bonds is 5. The molecule has 0 saturated heterocycles. The number of benzene rings is 2. The molecule has 130 valence electrons. The van der Waals surface area contributed by atoms with Crippen LogP contribution in [0.1, 0.15) is 12.5 Å². The highest BCUT2D eigenvalue weighted by molar-refractivity contribution is 5.87. The minimum Gasteiger partial charge on any atom is -0.497 e. The first kappa shape index (κ1) is 16.8. The molecule has 3 rings (SSSR count). The molecule has 25 heavy (non-hydrogen) atoms. The number of nitrogens with one attached hydrogen (secondary N) is 1. The average molecular weight is 340 g/mol. The van der Waals surface area contributed by atoms with Gasteiger partial charge in [0.2, 0.25) is 6.10 Å². The Morgan fingerprint density at radius 2 is 1.92 bits per heavy atom. The van der Waals surface area contributed by atoms with Crippen LogP contribution in [0, 0.1) is 0 Å². The quantitative estimate of drug-likeness (QED) is 0.671. The van der Waals surface area contributed by atoms with E-state index in [0.29, 0.717) is 17.9 Å². The number of fused-ring (bicyclic) bond motifs is 1. The third kappa shape index (κ3) is 4.29. The molecule has 1 N–H and O–H groups in total. The normalized spacial score (nSPS) is 16.2. The van der Waals surface area contributed by atoms with Crippen LogP contribution in [-0.4, -0.2) is 31.4 Å². The van der Waals surface area contributed by atoms with E-state index in [1.165, 1.54) is 0 Å². The van der Waals surface area contributed by atoms with Crippen LogP contribution in [0.25, 0.3) is 0 Å². The van der Waals surface area contributed by atoms with Gasteiger partial charge < -0.3 is 14.2 Å². The van der Waals surface area contributed by atoms with Gasteiger partial charge in [0.1, 0.15) is 12.4 Å². The summed E-state index contributed by atoms with van der Waals surface area (Å²) in [6.45, 7) is 2.02. The Hall–Kier alpha value is -3.02. The van der Waals surface area contributed by atoms with Crippen molar-refractivity contribution in [2.45, 2.75) is 19.4 Å². The van der Waals surface area contributed by atoms with Gasteiger partial charge in [-0.15, -0.1) is 0 Å². The number of carbonyl (C=O) groups excluding carboxylic acids is 1. The summed E-state index contributed by atoms with van der Waals surface area (Å²) in [5, 5.41) is 4.14. The van der Waals surface area contributed by atoms with Crippen molar-refractivity contribution in [3.05, 3.63) is 54.1 Å². The van der Waals surface area contributed by atoms with Crippen molar-refractivity contribution >= 4 is 11.6 Å². The van der Waals surface area contributed by atoms with E-state index in [2.05, 4.69) is 10.5 Å². The summed E-state index contributed by atoms with van der Waals surface area (Å²) >= 11 is 0. The largest absolute Gasteiger partial charge is 0.497 e. The maximum absolute atomic E-state index is 12.2. The molecule has 0 radical (unpaired) electrons. The van der Waals surface area contributed by atoms with Crippen LogP contribution in [0.3, 0.4) is 0 Å². The van der Waals surface area contributed by atoms with Gasteiger partial charge in [-0.3, -0.25) is 4.79 Å². The molecule has 6 nitrogen and oxygen atoms in total. The van der Waals surface area contributed by atoms with Gasteiger partial charge in [0.15, 0.2) is 11.5 Å². The zero-order valence-corrected chi connectivity index (χ0v) is 14.2. The molecule has 2 aromatic carbocycles. The molecule has 1 unspecified atom stereocenters. The molecular formula is C19H20N2O4. The Labute approximate surface area is 146 Å². The molecule has 6 heteroatoms. The molecule has 0 bridgehead atoms. The SMILES string of the molecule is COc1ccc(CC(C)=NNC(=O)C2COc3ccccc3O2)cc1. The van der Waals surface area contributed by atoms with Gasteiger partial charge in [-0.2, -0.15) is 5.10 Å². The highest BCUT2D eigenvalue weighted by atomic mass is 16.6. The van der Waals surface area contributed by atoms with E-state index < -0.39 is 6.10 Å². The number of nitrogens with zero attached hydrogens (tertiary/aromatic N) is 1. The van der Waals surface area contributed by atoms with E-state index in [0.717, 1.165) is 17.0 Å². The van der Waals surface area contributed by atoms with Gasteiger partial charge in [0.05, 0.1) is 7.11 Å². The van der Waals surface area contributed by atoms with Crippen LogP contribution in [0.2, 0.25) is 0 Å². The number of hydrogen-bond donors (Lipinski definition) is 1. The highest BCUT2D eigenvalue weighted by Crippen LogP contribution is 2.30. The van der Waals surface area contributed by atoms with Crippen molar-refractivity contribution in [1.82, 2.24) is 5.43 Å².